The van der Waals surface area contributed by atoms with Gasteiger partial charge in [-0.3, -0.25) is 9.97 Å². The summed E-state index contributed by atoms with van der Waals surface area (Å²) in [6.07, 6.45) is 6.64. The average Bonchev–Trinajstić information content (AvgIpc) is 2.19. The van der Waals surface area contributed by atoms with Crippen molar-refractivity contribution in [2.24, 2.45) is 5.73 Å². The number of nitrogens with zero attached hydrogens (tertiary/aromatic N) is 2. The Morgan fingerprint density at radius 2 is 2.38 bits per heavy atom. The van der Waals surface area contributed by atoms with Gasteiger partial charge in [-0.1, -0.05) is 0 Å². The number of aromatic nitrogens is 2. The quantitative estimate of drug-likeness (QED) is 0.704. The van der Waals surface area contributed by atoms with Gasteiger partial charge in [0.1, 0.15) is 0 Å². The van der Waals surface area contributed by atoms with Crippen LogP contribution in [0.15, 0.2) is 18.6 Å². The van der Waals surface area contributed by atoms with Crippen LogP contribution in [0.25, 0.3) is 0 Å². The molecule has 0 bridgehead atoms. The van der Waals surface area contributed by atoms with E-state index in [2.05, 4.69) is 21.8 Å². The van der Waals surface area contributed by atoms with Crippen molar-refractivity contribution in [3.63, 3.8) is 0 Å². The van der Waals surface area contributed by atoms with Crippen molar-refractivity contribution < 1.29 is 0 Å². The highest BCUT2D eigenvalue weighted by Gasteiger charge is 2.05. The van der Waals surface area contributed by atoms with Gasteiger partial charge in [-0.25, -0.2) is 0 Å². The van der Waals surface area contributed by atoms with Gasteiger partial charge in [-0.15, -0.1) is 11.8 Å². The zero-order valence-electron chi connectivity index (χ0n) is 7.70. The topological polar surface area (TPSA) is 51.8 Å². The molecule has 1 aromatic rings. The van der Waals surface area contributed by atoms with Crippen LogP contribution in [0.2, 0.25) is 0 Å². The van der Waals surface area contributed by atoms with E-state index in [1.165, 1.54) is 0 Å². The molecule has 0 amide bonds. The van der Waals surface area contributed by atoms with Crippen LogP contribution in [0.1, 0.15) is 31.5 Å². The monoisotopic (exact) mass is 175 g/mol. The van der Waals surface area contributed by atoms with Crippen molar-refractivity contribution in [1.82, 2.24) is 9.97 Å². The van der Waals surface area contributed by atoms with E-state index in [9.17, 15) is 0 Å². The van der Waals surface area contributed by atoms with Gasteiger partial charge in [0.05, 0.1) is 5.69 Å². The summed E-state index contributed by atoms with van der Waals surface area (Å²) in [6, 6.07) is -0.0467. The van der Waals surface area contributed by atoms with E-state index in [-0.39, 0.29) is 6.04 Å². The van der Waals surface area contributed by atoms with Crippen LogP contribution in [-0.2, 0) is 0 Å². The minimum Gasteiger partial charge on any atom is -0.323 e. The summed E-state index contributed by atoms with van der Waals surface area (Å²) in [6.45, 7) is 1.83. The molecule has 0 spiro atoms. The molecule has 0 saturated heterocycles. The molecule has 3 nitrogen and oxygen atoms in total. The molecule has 0 aliphatic heterocycles. The molecule has 1 aromatic heterocycles. The Morgan fingerprint density at radius 1 is 1.54 bits per heavy atom. The van der Waals surface area contributed by atoms with Crippen molar-refractivity contribution >= 4 is 0 Å². The van der Waals surface area contributed by atoms with Crippen LogP contribution in [-0.4, -0.2) is 9.97 Å². The Hall–Kier alpha value is -1.40. The van der Waals surface area contributed by atoms with Crippen molar-refractivity contribution in [3.8, 4) is 11.8 Å². The molecule has 13 heavy (non-hydrogen) atoms. The van der Waals surface area contributed by atoms with Crippen LogP contribution >= 0.6 is 0 Å². The normalized spacial score (nSPS) is 11.5. The van der Waals surface area contributed by atoms with Crippen LogP contribution in [0.4, 0.5) is 0 Å². The molecular formula is C10H13N3. The van der Waals surface area contributed by atoms with Crippen molar-refractivity contribution in [3.05, 3.63) is 24.3 Å². The van der Waals surface area contributed by atoms with Gasteiger partial charge in [0.15, 0.2) is 0 Å². The lowest BCUT2D eigenvalue weighted by atomic mass is 10.1. The van der Waals surface area contributed by atoms with E-state index in [1.54, 1.807) is 18.6 Å². The Kier molecular flexibility index (Phi) is 3.94. The molecule has 1 unspecified atom stereocenters. The van der Waals surface area contributed by atoms with Crippen LogP contribution < -0.4 is 5.73 Å². The summed E-state index contributed by atoms with van der Waals surface area (Å²) >= 11 is 0. The molecular weight excluding hydrogens is 162 g/mol. The Labute approximate surface area is 78.4 Å². The highest BCUT2D eigenvalue weighted by molar-refractivity contribution is 5.03. The van der Waals surface area contributed by atoms with E-state index < -0.39 is 0 Å². The first-order valence-electron chi connectivity index (χ1n) is 4.25. The number of nitrogens with two attached hydrogens (primary N) is 1. The summed E-state index contributed by atoms with van der Waals surface area (Å²) in [7, 11) is 0. The molecule has 1 heterocycles. The molecule has 0 aromatic carbocycles. The third-order valence-corrected chi connectivity index (χ3v) is 1.72. The lowest BCUT2D eigenvalue weighted by Crippen LogP contribution is -2.11. The second-order valence-corrected chi connectivity index (χ2v) is 2.70. The molecule has 0 fully saturated rings. The SMILES string of the molecule is CC#CCCC(N)c1cnccn1. The maximum Gasteiger partial charge on any atom is 0.0754 e. The lowest BCUT2D eigenvalue weighted by molar-refractivity contribution is 0.644. The summed E-state index contributed by atoms with van der Waals surface area (Å²) in [5, 5.41) is 0. The summed E-state index contributed by atoms with van der Waals surface area (Å²) in [4.78, 5) is 8.08. The zero-order chi connectivity index (χ0) is 9.52. The van der Waals surface area contributed by atoms with E-state index in [0.29, 0.717) is 0 Å². The average molecular weight is 175 g/mol. The summed E-state index contributed by atoms with van der Waals surface area (Å²) < 4.78 is 0. The minimum absolute atomic E-state index is 0.0467. The largest absolute Gasteiger partial charge is 0.323 e. The molecule has 1 atom stereocenters. The van der Waals surface area contributed by atoms with Crippen molar-refractivity contribution in [1.29, 1.82) is 0 Å². The summed E-state index contributed by atoms with van der Waals surface area (Å²) in [5.41, 5.74) is 6.70. The van der Waals surface area contributed by atoms with Gasteiger partial charge in [-0.05, 0) is 13.3 Å². The van der Waals surface area contributed by atoms with Gasteiger partial charge in [0, 0.05) is 31.1 Å². The molecule has 2 N–H and O–H groups in total. The fraction of sp³-hybridized carbons (Fsp3) is 0.400. The standard InChI is InChI=1S/C10H13N3/c1-2-3-4-5-9(11)10-8-12-6-7-13-10/h6-9H,4-5,11H2,1H3. The van der Waals surface area contributed by atoms with Crippen LogP contribution in [0.5, 0.6) is 0 Å². The van der Waals surface area contributed by atoms with Gasteiger partial charge in [0.25, 0.3) is 0 Å². The predicted octanol–water partition coefficient (Wildman–Crippen LogP) is 1.28. The maximum absolute atomic E-state index is 5.87. The van der Waals surface area contributed by atoms with Gasteiger partial charge in [0.2, 0.25) is 0 Å². The molecule has 68 valence electrons. The number of rotatable bonds is 3. The van der Waals surface area contributed by atoms with Gasteiger partial charge in [-0.2, -0.15) is 0 Å². The summed E-state index contributed by atoms with van der Waals surface area (Å²) in [5.74, 6) is 5.80. The second kappa shape index (κ2) is 5.28. The van der Waals surface area contributed by atoms with Crippen LogP contribution in [0, 0.1) is 11.8 Å². The van der Waals surface area contributed by atoms with E-state index >= 15 is 0 Å². The third-order valence-electron chi connectivity index (χ3n) is 1.72. The van der Waals surface area contributed by atoms with Gasteiger partial charge >= 0.3 is 0 Å². The van der Waals surface area contributed by atoms with E-state index in [1.807, 2.05) is 6.92 Å². The number of hydrogen-bond donors (Lipinski definition) is 1. The zero-order valence-corrected chi connectivity index (χ0v) is 7.70. The molecule has 0 aliphatic rings. The smallest absolute Gasteiger partial charge is 0.0754 e. The third kappa shape index (κ3) is 3.22. The Balaban J connectivity index is 2.47. The van der Waals surface area contributed by atoms with E-state index in [0.717, 1.165) is 18.5 Å². The number of hydrogen-bond acceptors (Lipinski definition) is 3. The first-order chi connectivity index (χ1) is 6.34. The second-order valence-electron chi connectivity index (χ2n) is 2.70. The Morgan fingerprint density at radius 3 is 3.00 bits per heavy atom. The maximum atomic E-state index is 5.87. The predicted molar refractivity (Wildman–Crippen MR) is 51.6 cm³/mol. The van der Waals surface area contributed by atoms with Gasteiger partial charge < -0.3 is 5.73 Å². The first-order valence-corrected chi connectivity index (χ1v) is 4.25. The molecule has 1 rings (SSSR count). The molecule has 0 saturated carbocycles. The fourth-order valence-electron chi connectivity index (χ4n) is 1.00. The van der Waals surface area contributed by atoms with Crippen molar-refractivity contribution in [2.45, 2.75) is 25.8 Å². The minimum atomic E-state index is -0.0467. The van der Waals surface area contributed by atoms with Crippen LogP contribution in [0.3, 0.4) is 0 Å². The lowest BCUT2D eigenvalue weighted by Gasteiger charge is -2.07. The molecule has 0 aliphatic carbocycles. The fourth-order valence-corrected chi connectivity index (χ4v) is 1.00. The van der Waals surface area contributed by atoms with E-state index in [4.69, 9.17) is 5.73 Å². The Bertz CT molecular complexity index is 297. The highest BCUT2D eigenvalue weighted by atomic mass is 14.8. The molecule has 3 heteroatoms. The molecule has 0 radical (unpaired) electrons. The first kappa shape index (κ1) is 9.69. The van der Waals surface area contributed by atoms with Crippen molar-refractivity contribution in [2.75, 3.05) is 0 Å². The highest BCUT2D eigenvalue weighted by Crippen LogP contribution is 2.10.